The first-order valence-electron chi connectivity index (χ1n) is 57.5. The molecule has 0 saturated carbocycles. The second-order valence-electron chi connectivity index (χ2n) is 50.5. The minimum Gasteiger partial charge on any atom is -0.315 e. The van der Waals surface area contributed by atoms with Gasteiger partial charge in [0.25, 0.3) is 0 Å². The molecule has 838 valence electrons. The van der Waals surface area contributed by atoms with Crippen LogP contribution >= 0.6 is 0 Å². The largest absolute Gasteiger partial charge is 0.315 e. The van der Waals surface area contributed by atoms with Crippen LogP contribution in [0.2, 0.25) is 0 Å². The van der Waals surface area contributed by atoms with Crippen molar-refractivity contribution in [3.8, 4) is 0 Å². The molecule has 0 radical (unpaired) electrons. The third-order valence-corrected chi connectivity index (χ3v) is 28.1. The Balaban J connectivity index is 0. The summed E-state index contributed by atoms with van der Waals surface area (Å²) in [5.41, 5.74) is 1.97. The van der Waals surface area contributed by atoms with E-state index in [4.69, 9.17) is 0 Å². The third-order valence-electron chi connectivity index (χ3n) is 28.1. The first kappa shape index (κ1) is 140. The summed E-state index contributed by atoms with van der Waals surface area (Å²) in [7, 11) is 30.0. The van der Waals surface area contributed by atoms with Gasteiger partial charge in [-0.2, -0.15) is 0 Å². The number of nitrogens with one attached hydrogen (secondary N) is 11. The molecule has 0 spiro atoms. The molecule has 6 rings (SSSR count). The lowest BCUT2D eigenvalue weighted by atomic mass is 9.92. The van der Waals surface area contributed by atoms with Crippen molar-refractivity contribution in [1.82, 2.24) is 122 Å². The van der Waals surface area contributed by atoms with Gasteiger partial charge in [0.05, 0.1) is 0 Å². The molecule has 24 heteroatoms. The van der Waals surface area contributed by atoms with Crippen LogP contribution in [0.4, 0.5) is 0 Å². The zero-order valence-corrected chi connectivity index (χ0v) is 102. The predicted molar refractivity (Wildman–Crippen MR) is 625 cm³/mol. The number of rotatable bonds is 58. The van der Waals surface area contributed by atoms with E-state index in [1.54, 1.807) is 0 Å². The predicted octanol–water partition coefficient (Wildman–Crippen LogP) is 14.7. The van der Waals surface area contributed by atoms with Crippen molar-refractivity contribution in [2.24, 2.45) is 52.8 Å². The van der Waals surface area contributed by atoms with Gasteiger partial charge in [0.2, 0.25) is 0 Å². The summed E-state index contributed by atoms with van der Waals surface area (Å²) in [6.45, 7) is 107. The molecule has 5 aliphatic heterocycles. The molecule has 5 aliphatic rings. The zero-order chi connectivity index (χ0) is 107. The highest BCUT2D eigenvalue weighted by molar-refractivity contribution is 5.14. The molecule has 5 fully saturated rings. The lowest BCUT2D eigenvalue weighted by Crippen LogP contribution is -2.52. The van der Waals surface area contributed by atoms with Crippen molar-refractivity contribution < 1.29 is 0 Å². The highest BCUT2D eigenvalue weighted by atomic mass is 15.3. The molecule has 1 aromatic carbocycles. The van der Waals surface area contributed by atoms with Gasteiger partial charge in [-0.05, 0) is 301 Å². The quantitative estimate of drug-likeness (QED) is 0.0278. The van der Waals surface area contributed by atoms with Gasteiger partial charge >= 0.3 is 0 Å². The summed E-state index contributed by atoms with van der Waals surface area (Å²) in [5.74, 6) is 5.52. The summed E-state index contributed by atoms with van der Waals surface area (Å²) in [6.07, 6.45) is 12.1. The Morgan fingerprint density at radius 2 is 0.721 bits per heavy atom. The maximum atomic E-state index is 3.74. The van der Waals surface area contributed by atoms with Gasteiger partial charge in [-0.1, -0.05) is 224 Å². The van der Waals surface area contributed by atoms with Crippen molar-refractivity contribution in [3.63, 3.8) is 0 Å². The van der Waals surface area contributed by atoms with Gasteiger partial charge in [-0.25, -0.2) is 0 Å². The molecule has 0 aliphatic carbocycles. The van der Waals surface area contributed by atoms with E-state index in [9.17, 15) is 0 Å². The first-order valence-corrected chi connectivity index (χ1v) is 57.5. The second-order valence-corrected chi connectivity index (χ2v) is 50.5. The fourth-order valence-corrected chi connectivity index (χ4v) is 19.5. The van der Waals surface area contributed by atoms with E-state index in [2.05, 4.69) is 459 Å². The molecule has 1 aromatic rings. The Labute approximate surface area is 876 Å². The van der Waals surface area contributed by atoms with Crippen LogP contribution in [0.15, 0.2) is 30.3 Å². The Kier molecular flexibility index (Phi) is 81.3. The molecule has 0 aromatic heterocycles. The van der Waals surface area contributed by atoms with Gasteiger partial charge in [0.15, 0.2) is 0 Å². The average molecular weight is 1990 g/mol. The number of hydrogen-bond acceptors (Lipinski definition) is 24. The number of piperidine rings is 1. The van der Waals surface area contributed by atoms with Crippen molar-refractivity contribution in [3.05, 3.63) is 35.9 Å². The molecular formula is C116H254N24. The van der Waals surface area contributed by atoms with E-state index in [1.165, 1.54) is 181 Å². The van der Waals surface area contributed by atoms with Gasteiger partial charge in [0.1, 0.15) is 0 Å². The van der Waals surface area contributed by atoms with Crippen LogP contribution < -0.4 is 58.5 Å². The molecule has 24 nitrogen and oxygen atoms in total. The molecule has 140 heavy (non-hydrogen) atoms. The smallest absolute Gasteiger partial charge is 0.0234 e. The summed E-state index contributed by atoms with van der Waals surface area (Å²) >= 11 is 0. The van der Waals surface area contributed by atoms with Crippen molar-refractivity contribution >= 4 is 0 Å². The number of nitrogens with zero attached hydrogens (tertiary/aromatic N) is 13. The topological polar surface area (TPSA) is 174 Å². The van der Waals surface area contributed by atoms with Crippen molar-refractivity contribution in [1.29, 1.82) is 0 Å². The van der Waals surface area contributed by atoms with Gasteiger partial charge < -0.3 is 107 Å². The van der Waals surface area contributed by atoms with Crippen molar-refractivity contribution in [2.75, 3.05) is 295 Å². The van der Waals surface area contributed by atoms with Crippen LogP contribution in [0.25, 0.3) is 0 Å². The lowest BCUT2D eigenvalue weighted by molar-refractivity contribution is 0.110. The number of likely N-dealkylation sites (tertiary alicyclic amines) is 3. The van der Waals surface area contributed by atoms with E-state index in [0.717, 1.165) is 97.2 Å². The second kappa shape index (κ2) is 81.1. The highest BCUT2D eigenvalue weighted by Crippen LogP contribution is 2.24. The minimum atomic E-state index is 0.197. The molecule has 0 amide bonds. The average Bonchev–Trinajstić information content (AvgIpc) is 1.33. The van der Waals surface area contributed by atoms with Gasteiger partial charge in [-0.3, -0.25) is 14.7 Å². The van der Waals surface area contributed by atoms with Crippen molar-refractivity contribution in [2.45, 2.75) is 375 Å². The number of piperazine rings is 2. The minimum absolute atomic E-state index is 0.197. The molecule has 5 heterocycles. The van der Waals surface area contributed by atoms with E-state index in [-0.39, 0.29) is 5.54 Å². The van der Waals surface area contributed by atoms with Gasteiger partial charge in [-0.15, -0.1) is 0 Å². The maximum absolute atomic E-state index is 3.74. The van der Waals surface area contributed by atoms with E-state index in [0.29, 0.717) is 131 Å². The maximum Gasteiger partial charge on any atom is 0.0234 e. The zero-order valence-electron chi connectivity index (χ0n) is 102. The molecular weight excluding hydrogens is 1730 g/mol. The number of hydrogen-bond donors (Lipinski definition) is 11. The van der Waals surface area contributed by atoms with E-state index < -0.39 is 0 Å². The Hall–Kier alpha value is -1.74. The summed E-state index contributed by atoms with van der Waals surface area (Å²) in [6, 6.07) is 20.1. The SMILES string of the molecule is CC(C)N[C@@H](CN(C)CCCN(C)C)C(C)C.CC(C)N[C@@H](CN1CCC(N2CCCC2)CC1)C(C)C.CC(C)N[C@@H](CN1CCN(C)CC1)C(C)C.CC(C)N[C@@H](CN1CCN(Cc2ccccc2)CC1)C(C)C.CC(C)N[C@@H](CNCCCN(C)C)C(C)C.CC(C)[C@H](CNCCC1CCCN1C)NC(C)(C)C.CN[C@@H](CN(C)CC(C)(C)CN(C)C)C(C)C.CN[C@@H](CNCCN(C)C)C(C)C. The first-order chi connectivity index (χ1) is 65.4. The van der Waals surface area contributed by atoms with Gasteiger partial charge in [0, 0.05) is 234 Å². The molecule has 1 unspecified atom stereocenters. The summed E-state index contributed by atoms with van der Waals surface area (Å²) < 4.78 is 0. The summed E-state index contributed by atoms with van der Waals surface area (Å²) in [5, 5.41) is 39.5. The molecule has 9 atom stereocenters. The Bertz CT molecular complexity index is 2860. The van der Waals surface area contributed by atoms with Crippen LogP contribution in [-0.4, -0.2) is 455 Å². The highest BCUT2D eigenvalue weighted by Gasteiger charge is 2.31. The standard InChI is InChI=1S/C19H33N3.C17H35N3.C16H35N3.2C14H33N3.C13H29N3.C13H31N3.C10H25N3/c1-16(2)19(20-17(3)4)15-22-12-10-21(11-13-22)14-18-8-6-5-7-9-18;1-14(2)17(18-15(3)4)13-19-11-7-16(8-12-19)20-9-5-6-10-20;1-13(2)15(18-16(3,4)5)12-17-10-9-14-8-7-11-19(14)6;1-12(2)13(15-5)9-17(8)11-14(3,4)10-16(6)7;1-12(2)14(15-13(3)4)11-17(7)10-8-9-16(5)6;1-11(2)13(14-12(3)4)10-16-8-6-15(5)7-9-16;1-11(2)13(15-12(3)4)10-14-8-7-9-16(5)6;1-9(2)10(11-3)8-12-6-7-13(4)5/h5-9,16-17,19-20H,10-15H2,1-4H3;14-18H,5-13H2,1-4H3;13-15,17-18H,7-12H2,1-6H3;12-13,15H,9-11H2,1-8H3;12-15H,8-11H2,1-7H3;11-14H,6-10H2,1-5H3;11-15H,7-10H2,1-6H3;9-12H,6-8H2,1-5H3/t19-;17-;14?,15-;13-;14-;2*13-;10-/m00000000/s1. The normalized spacial score (nSPS) is 18.7. The van der Waals surface area contributed by atoms with E-state index >= 15 is 0 Å². The van der Waals surface area contributed by atoms with Crippen LogP contribution in [0, 0.1) is 52.8 Å². The Morgan fingerprint density at radius 1 is 0.343 bits per heavy atom. The summed E-state index contributed by atoms with van der Waals surface area (Å²) in [4.78, 5) is 32.0. The molecule has 5 saturated heterocycles. The van der Waals surface area contributed by atoms with Crippen LogP contribution in [-0.2, 0) is 6.54 Å². The number of benzene rings is 1. The van der Waals surface area contributed by atoms with Crippen LogP contribution in [0.3, 0.4) is 0 Å². The third kappa shape index (κ3) is 76.7. The monoisotopic (exact) mass is 1980 g/mol. The van der Waals surface area contributed by atoms with Crippen LogP contribution in [0.1, 0.15) is 278 Å². The Morgan fingerprint density at radius 3 is 1.12 bits per heavy atom. The van der Waals surface area contributed by atoms with Crippen LogP contribution in [0.5, 0.6) is 0 Å². The van der Waals surface area contributed by atoms with E-state index in [1.807, 2.05) is 7.05 Å². The fraction of sp³-hybridized carbons (Fsp3) is 0.948. The molecule has 0 bridgehead atoms. The lowest BCUT2D eigenvalue weighted by Gasteiger charge is -2.39. The number of likely N-dealkylation sites (N-methyl/N-ethyl adjacent to an activating group) is 6. The molecule has 11 N–H and O–H groups in total. The fourth-order valence-electron chi connectivity index (χ4n) is 19.5.